The van der Waals surface area contributed by atoms with Crippen LogP contribution in [0.15, 0.2) is 0 Å². The molecule has 0 aliphatic carbocycles. The maximum atomic E-state index is 12.2. The van der Waals surface area contributed by atoms with Gasteiger partial charge in [-0.15, -0.1) is 0 Å². The number of carboxylic acids is 1. The molecule has 0 bridgehead atoms. The highest BCUT2D eigenvalue weighted by molar-refractivity contribution is 5.83. The zero-order valence-corrected chi connectivity index (χ0v) is 25.2. The number of amides is 4. The molecule has 0 heterocycles. The molecule has 0 aromatic carbocycles. The van der Waals surface area contributed by atoms with Gasteiger partial charge in [0.05, 0.1) is 66.8 Å². The van der Waals surface area contributed by atoms with Gasteiger partial charge < -0.3 is 49.8 Å². The van der Waals surface area contributed by atoms with E-state index in [1.54, 1.807) is 0 Å². The summed E-state index contributed by atoms with van der Waals surface area (Å²) in [6.45, 7) is 5.84. The maximum Gasteiger partial charge on any atom is 0.326 e. The first-order chi connectivity index (χ1) is 19.8. The van der Waals surface area contributed by atoms with Crippen LogP contribution in [0.2, 0.25) is 0 Å². The topological polar surface area (TPSA) is 208 Å². The lowest BCUT2D eigenvalue weighted by molar-refractivity contribution is -0.881. The van der Waals surface area contributed by atoms with Gasteiger partial charge in [-0.25, -0.2) is 4.79 Å². The van der Waals surface area contributed by atoms with E-state index in [0.717, 1.165) is 0 Å². The molecule has 4 amide bonds. The number of ether oxygens (including phenoxy) is 4. The molecule has 0 aliphatic rings. The van der Waals surface area contributed by atoms with Crippen molar-refractivity contribution in [3.63, 3.8) is 0 Å². The summed E-state index contributed by atoms with van der Waals surface area (Å²) >= 11 is 0. The van der Waals surface area contributed by atoms with Crippen LogP contribution in [0.5, 0.6) is 0 Å². The number of likely N-dealkylation sites (N-methyl/N-ethyl adjacent to an activating group) is 1. The second-order valence-electron chi connectivity index (χ2n) is 10.0. The summed E-state index contributed by atoms with van der Waals surface area (Å²) < 4.78 is 21.4. The quantitative estimate of drug-likeness (QED) is 0.0511. The Hall–Kier alpha value is -3.18. The predicted octanol–water partition coefficient (Wildman–Crippen LogP) is -2.56. The summed E-state index contributed by atoms with van der Waals surface area (Å²) in [7, 11) is 3.76. The van der Waals surface area contributed by atoms with Crippen LogP contribution in [0.4, 0.5) is 0 Å². The van der Waals surface area contributed by atoms with Crippen molar-refractivity contribution in [2.24, 2.45) is 0 Å². The molecule has 5 N–H and O–H groups in total. The molecule has 0 saturated carbocycles. The molecule has 1 atom stereocenters. The molecule has 0 fully saturated rings. The summed E-state index contributed by atoms with van der Waals surface area (Å²) in [5.41, 5.74) is 0. The van der Waals surface area contributed by atoms with Crippen LogP contribution in [-0.2, 0) is 47.7 Å². The van der Waals surface area contributed by atoms with Gasteiger partial charge in [0, 0.05) is 26.4 Å². The van der Waals surface area contributed by atoms with Crippen molar-refractivity contribution >= 4 is 35.4 Å². The molecule has 0 radical (unpaired) electrons. The number of Topliss-reactive ketones (excluding diaryl/α,β-unsaturated/α-hetero) is 1. The van der Waals surface area contributed by atoms with Crippen LogP contribution >= 0.6 is 0 Å². The zero-order valence-electron chi connectivity index (χ0n) is 25.2. The van der Waals surface area contributed by atoms with Gasteiger partial charge in [-0.3, -0.25) is 24.0 Å². The number of ketones is 1. The number of carbonyl (C=O) groups is 6. The third-order valence-corrected chi connectivity index (χ3v) is 5.37. The number of hydrogen-bond donors (Lipinski definition) is 5. The van der Waals surface area contributed by atoms with Crippen molar-refractivity contribution in [1.82, 2.24) is 21.3 Å². The molecular weight excluding hydrogens is 558 g/mol. The SMILES string of the molecule is CC(=O)COCCOCCNC(=O)C[N+](C)(C)CCNC(=O)COCCOCCNC(=O)CC[C@H](NC(C)=O)C(=O)O. The molecule has 0 aromatic heterocycles. The highest BCUT2D eigenvalue weighted by atomic mass is 16.5. The molecule has 0 spiro atoms. The van der Waals surface area contributed by atoms with E-state index < -0.39 is 17.9 Å². The number of carbonyl (C=O) groups excluding carboxylic acids is 5. The van der Waals surface area contributed by atoms with Crippen LogP contribution in [0.25, 0.3) is 0 Å². The average molecular weight is 607 g/mol. The Kier molecular flexibility index (Phi) is 21.6. The minimum absolute atomic E-state index is 0.0258. The van der Waals surface area contributed by atoms with Crippen LogP contribution in [0.1, 0.15) is 26.7 Å². The molecule has 242 valence electrons. The van der Waals surface area contributed by atoms with Crippen molar-refractivity contribution in [3.05, 3.63) is 0 Å². The average Bonchev–Trinajstić information content (AvgIpc) is 2.88. The molecule has 0 rings (SSSR count). The van der Waals surface area contributed by atoms with Crippen molar-refractivity contribution in [2.75, 3.05) is 99.7 Å². The molecule has 42 heavy (non-hydrogen) atoms. The largest absolute Gasteiger partial charge is 0.480 e. The second-order valence-corrected chi connectivity index (χ2v) is 10.0. The summed E-state index contributed by atoms with van der Waals surface area (Å²) in [6.07, 6.45) is -0.0852. The van der Waals surface area contributed by atoms with Crippen LogP contribution < -0.4 is 21.3 Å². The zero-order chi connectivity index (χ0) is 31.8. The van der Waals surface area contributed by atoms with E-state index in [1.807, 2.05) is 14.1 Å². The van der Waals surface area contributed by atoms with E-state index >= 15 is 0 Å². The molecule has 0 aromatic rings. The lowest BCUT2D eigenvalue weighted by atomic mass is 10.1. The number of nitrogens with zero attached hydrogens (tertiary/aromatic N) is 1. The number of nitrogens with one attached hydrogen (secondary N) is 4. The van der Waals surface area contributed by atoms with Gasteiger partial charge in [-0.2, -0.15) is 0 Å². The monoisotopic (exact) mass is 606 g/mol. The molecular formula is C26H48N5O11+. The van der Waals surface area contributed by atoms with Gasteiger partial charge in [-0.05, 0) is 13.3 Å². The Morgan fingerprint density at radius 3 is 1.76 bits per heavy atom. The Morgan fingerprint density at radius 2 is 1.21 bits per heavy atom. The van der Waals surface area contributed by atoms with Crippen molar-refractivity contribution in [2.45, 2.75) is 32.7 Å². The standard InChI is InChI=1S/C26H47N5O11/c1-20(32)18-41-15-13-40-12-9-29-24(35)17-31(3,4)10-7-27-25(36)19-42-16-14-39-11-8-28-23(34)6-5-22(26(37)38)30-21(2)33/h22H,5-19H2,1-4H3,(H4-,27,28,29,30,33,34,35,36,37,38)/p+1/t22-/m0/s1. The van der Waals surface area contributed by atoms with E-state index in [2.05, 4.69) is 21.3 Å². The predicted molar refractivity (Wildman–Crippen MR) is 149 cm³/mol. The van der Waals surface area contributed by atoms with Crippen LogP contribution in [0, 0.1) is 0 Å². The Morgan fingerprint density at radius 1 is 0.690 bits per heavy atom. The number of aliphatic carboxylic acids is 1. The van der Waals surface area contributed by atoms with Crippen molar-refractivity contribution in [1.29, 1.82) is 0 Å². The molecule has 0 saturated heterocycles. The fourth-order valence-corrected chi connectivity index (χ4v) is 3.29. The van der Waals surface area contributed by atoms with E-state index in [0.29, 0.717) is 43.9 Å². The third-order valence-electron chi connectivity index (χ3n) is 5.37. The fourth-order valence-electron chi connectivity index (χ4n) is 3.29. The normalized spacial score (nSPS) is 11.8. The molecule has 16 nitrogen and oxygen atoms in total. The number of carboxylic acid groups (broad SMARTS) is 1. The van der Waals surface area contributed by atoms with E-state index in [-0.39, 0.29) is 82.5 Å². The first kappa shape index (κ1) is 38.8. The summed E-state index contributed by atoms with van der Waals surface area (Å²) in [5.74, 6) is -2.54. The van der Waals surface area contributed by atoms with Gasteiger partial charge in [0.15, 0.2) is 12.3 Å². The molecule has 0 unspecified atom stereocenters. The van der Waals surface area contributed by atoms with E-state index in [9.17, 15) is 28.8 Å². The van der Waals surface area contributed by atoms with Crippen molar-refractivity contribution in [3.8, 4) is 0 Å². The number of rotatable bonds is 26. The van der Waals surface area contributed by atoms with Gasteiger partial charge in [0.25, 0.3) is 5.91 Å². The van der Waals surface area contributed by atoms with E-state index in [4.69, 9.17) is 24.1 Å². The third kappa shape index (κ3) is 24.6. The van der Waals surface area contributed by atoms with E-state index in [1.165, 1.54) is 13.8 Å². The first-order valence-electron chi connectivity index (χ1n) is 13.7. The molecule has 16 heteroatoms. The highest BCUT2D eigenvalue weighted by Crippen LogP contribution is 1.98. The smallest absolute Gasteiger partial charge is 0.326 e. The second kappa shape index (κ2) is 23.4. The highest BCUT2D eigenvalue weighted by Gasteiger charge is 2.20. The van der Waals surface area contributed by atoms with Crippen LogP contribution in [-0.4, -0.2) is 151 Å². The molecule has 0 aliphatic heterocycles. The minimum Gasteiger partial charge on any atom is -0.480 e. The first-order valence-corrected chi connectivity index (χ1v) is 13.7. The number of hydrogen-bond acceptors (Lipinski definition) is 10. The number of quaternary nitrogens is 1. The van der Waals surface area contributed by atoms with Crippen LogP contribution in [0.3, 0.4) is 0 Å². The lowest BCUT2D eigenvalue weighted by Gasteiger charge is -2.29. The van der Waals surface area contributed by atoms with Gasteiger partial charge in [-0.1, -0.05) is 0 Å². The van der Waals surface area contributed by atoms with Gasteiger partial charge in [0.2, 0.25) is 17.7 Å². The summed E-state index contributed by atoms with van der Waals surface area (Å²) in [4.78, 5) is 68.7. The minimum atomic E-state index is -1.21. The Bertz CT molecular complexity index is 854. The lowest BCUT2D eigenvalue weighted by Crippen LogP contribution is -2.51. The summed E-state index contributed by atoms with van der Waals surface area (Å²) in [6, 6.07) is -1.12. The summed E-state index contributed by atoms with van der Waals surface area (Å²) in [5, 5.41) is 19.4. The Balaban J connectivity index is 3.76. The van der Waals surface area contributed by atoms with Gasteiger partial charge >= 0.3 is 5.97 Å². The fraction of sp³-hybridized carbons (Fsp3) is 0.769. The van der Waals surface area contributed by atoms with Crippen molar-refractivity contribution < 1.29 is 57.3 Å². The Labute approximate surface area is 246 Å². The van der Waals surface area contributed by atoms with Gasteiger partial charge in [0.1, 0.15) is 19.3 Å². The maximum absolute atomic E-state index is 12.2.